The first-order valence-corrected chi connectivity index (χ1v) is 7.72. The van der Waals surface area contributed by atoms with Crippen LogP contribution in [0.4, 0.5) is 0 Å². The van der Waals surface area contributed by atoms with Crippen LogP contribution in [-0.2, 0) is 0 Å². The molecule has 4 heteroatoms. The van der Waals surface area contributed by atoms with Crippen LogP contribution < -0.4 is 0 Å². The van der Waals surface area contributed by atoms with E-state index in [1.54, 1.807) is 0 Å². The molecule has 94 valence electrons. The average molecular weight is 316 g/mol. The van der Waals surface area contributed by atoms with Crippen LogP contribution in [0.25, 0.3) is 0 Å². The number of ketones is 1. The van der Waals surface area contributed by atoms with Gasteiger partial charge in [0.05, 0.1) is 11.4 Å². The zero-order chi connectivity index (χ0) is 12.4. The Morgan fingerprint density at radius 1 is 1.47 bits per heavy atom. The van der Waals surface area contributed by atoms with Crippen molar-refractivity contribution in [2.45, 2.75) is 20.3 Å². The minimum absolute atomic E-state index is 0.244. The predicted octanol–water partition coefficient (Wildman–Crippen LogP) is 3.67. The third kappa shape index (κ3) is 3.39. The second-order valence-corrected chi connectivity index (χ2v) is 6.93. The van der Waals surface area contributed by atoms with Crippen LogP contribution >= 0.6 is 27.3 Å². The molecule has 0 spiro atoms. The molecule has 17 heavy (non-hydrogen) atoms. The Bertz CT molecular complexity index is 394. The van der Waals surface area contributed by atoms with E-state index in [0.29, 0.717) is 18.4 Å². The Morgan fingerprint density at radius 2 is 2.12 bits per heavy atom. The monoisotopic (exact) mass is 315 g/mol. The quantitative estimate of drug-likeness (QED) is 0.793. The number of Topliss-reactive ketones (excluding diaryl/α,β-unsaturated/α-hetero) is 1. The fourth-order valence-electron chi connectivity index (χ4n) is 2.69. The molecule has 1 saturated heterocycles. The molecule has 2 heterocycles. The third-order valence-corrected chi connectivity index (χ3v) is 5.06. The number of hydrogen-bond acceptors (Lipinski definition) is 3. The zero-order valence-electron chi connectivity index (χ0n) is 10.3. The summed E-state index contributed by atoms with van der Waals surface area (Å²) in [5.41, 5.74) is 0. The molecule has 2 unspecified atom stereocenters. The molecule has 2 nitrogen and oxygen atoms in total. The lowest BCUT2D eigenvalue weighted by Crippen LogP contribution is -2.41. The van der Waals surface area contributed by atoms with E-state index in [-0.39, 0.29) is 5.78 Å². The van der Waals surface area contributed by atoms with Gasteiger partial charge in [0.15, 0.2) is 5.78 Å². The lowest BCUT2D eigenvalue weighted by atomic mass is 9.92. The molecule has 2 rings (SSSR count). The van der Waals surface area contributed by atoms with Gasteiger partial charge >= 0.3 is 0 Å². The number of hydrogen-bond donors (Lipinski definition) is 0. The molecule has 1 aliphatic rings. The number of thiophene rings is 1. The molecule has 0 amide bonds. The largest absolute Gasteiger partial charge is 0.295 e. The van der Waals surface area contributed by atoms with Gasteiger partial charge in [-0.2, -0.15) is 0 Å². The van der Waals surface area contributed by atoms with Crippen molar-refractivity contribution in [1.29, 1.82) is 0 Å². The number of halogens is 1. The van der Waals surface area contributed by atoms with E-state index in [4.69, 9.17) is 0 Å². The normalized spacial score (nSPS) is 26.1. The van der Waals surface area contributed by atoms with E-state index in [9.17, 15) is 4.79 Å². The molecule has 0 radical (unpaired) electrons. The minimum atomic E-state index is 0.244. The fraction of sp³-hybridized carbons (Fsp3) is 0.615. The zero-order valence-corrected chi connectivity index (χ0v) is 12.7. The van der Waals surface area contributed by atoms with Gasteiger partial charge in [0.25, 0.3) is 0 Å². The summed E-state index contributed by atoms with van der Waals surface area (Å²) in [5, 5.41) is 1.96. The first kappa shape index (κ1) is 13.2. The van der Waals surface area contributed by atoms with Gasteiger partial charge in [-0.3, -0.25) is 9.69 Å². The standard InChI is InChI=1S/C13H18BrNOS/c1-9-5-10(2)7-15(6-9)8-12(16)13-11(14)3-4-17-13/h3-4,9-10H,5-8H2,1-2H3. The summed E-state index contributed by atoms with van der Waals surface area (Å²) < 4.78 is 0.936. The maximum Gasteiger partial charge on any atom is 0.187 e. The lowest BCUT2D eigenvalue weighted by Gasteiger charge is -2.34. The van der Waals surface area contributed by atoms with Gasteiger partial charge in [-0.1, -0.05) is 13.8 Å². The summed E-state index contributed by atoms with van der Waals surface area (Å²) in [6.07, 6.45) is 1.29. The molecule has 1 aliphatic heterocycles. The maximum atomic E-state index is 12.1. The van der Waals surface area contributed by atoms with Crippen molar-refractivity contribution < 1.29 is 4.79 Å². The van der Waals surface area contributed by atoms with E-state index in [1.165, 1.54) is 17.8 Å². The number of likely N-dealkylation sites (tertiary alicyclic amines) is 1. The van der Waals surface area contributed by atoms with Crippen LogP contribution in [0.5, 0.6) is 0 Å². The van der Waals surface area contributed by atoms with Crippen molar-refractivity contribution in [3.05, 3.63) is 20.8 Å². The summed E-state index contributed by atoms with van der Waals surface area (Å²) in [7, 11) is 0. The number of piperidine rings is 1. The first-order chi connectivity index (χ1) is 8.06. The molecule has 0 N–H and O–H groups in total. The highest BCUT2D eigenvalue weighted by atomic mass is 79.9. The van der Waals surface area contributed by atoms with Gasteiger partial charge in [-0.25, -0.2) is 0 Å². The Hall–Kier alpha value is -0.190. The smallest absolute Gasteiger partial charge is 0.187 e. The van der Waals surface area contributed by atoms with Gasteiger partial charge in [0.2, 0.25) is 0 Å². The van der Waals surface area contributed by atoms with Crippen LogP contribution in [-0.4, -0.2) is 30.3 Å². The molecule has 0 saturated carbocycles. The molecule has 0 bridgehead atoms. The molecule has 0 aromatic carbocycles. The number of carbonyl (C=O) groups is 1. The van der Waals surface area contributed by atoms with E-state index in [0.717, 1.165) is 22.4 Å². The van der Waals surface area contributed by atoms with Crippen LogP contribution in [0, 0.1) is 11.8 Å². The highest BCUT2D eigenvalue weighted by molar-refractivity contribution is 9.10. The third-order valence-electron chi connectivity index (χ3n) is 3.18. The summed E-state index contributed by atoms with van der Waals surface area (Å²) >= 11 is 4.95. The van der Waals surface area contributed by atoms with Crippen molar-refractivity contribution in [2.75, 3.05) is 19.6 Å². The summed E-state index contributed by atoms with van der Waals surface area (Å²) in [5.74, 6) is 1.66. The van der Waals surface area contributed by atoms with E-state index in [2.05, 4.69) is 34.7 Å². The van der Waals surface area contributed by atoms with Crippen LogP contribution in [0.2, 0.25) is 0 Å². The summed E-state index contributed by atoms with van der Waals surface area (Å²) in [6, 6.07) is 1.94. The number of carbonyl (C=O) groups excluding carboxylic acids is 1. The second kappa shape index (κ2) is 5.63. The molecule has 1 aromatic rings. The van der Waals surface area contributed by atoms with Crippen LogP contribution in [0.15, 0.2) is 15.9 Å². The summed E-state index contributed by atoms with van der Waals surface area (Å²) in [4.78, 5) is 15.3. The first-order valence-electron chi connectivity index (χ1n) is 6.04. The topological polar surface area (TPSA) is 20.3 Å². The molecule has 1 fully saturated rings. The highest BCUT2D eigenvalue weighted by Gasteiger charge is 2.24. The van der Waals surface area contributed by atoms with Crippen molar-refractivity contribution in [2.24, 2.45) is 11.8 Å². The molecular weight excluding hydrogens is 298 g/mol. The Kier molecular flexibility index (Phi) is 4.39. The second-order valence-electron chi connectivity index (χ2n) is 5.16. The fourth-order valence-corrected chi connectivity index (χ4v) is 4.21. The Labute approximate surface area is 115 Å². The van der Waals surface area contributed by atoms with Gasteiger partial charge < -0.3 is 0 Å². The van der Waals surface area contributed by atoms with Gasteiger partial charge in [0, 0.05) is 17.6 Å². The van der Waals surface area contributed by atoms with Gasteiger partial charge in [-0.15, -0.1) is 11.3 Å². The van der Waals surface area contributed by atoms with Crippen LogP contribution in [0.3, 0.4) is 0 Å². The molecule has 1 aromatic heterocycles. The lowest BCUT2D eigenvalue weighted by molar-refractivity contribution is 0.0853. The van der Waals surface area contributed by atoms with Crippen molar-refractivity contribution in [1.82, 2.24) is 4.90 Å². The van der Waals surface area contributed by atoms with Crippen molar-refractivity contribution in [3.8, 4) is 0 Å². The Balaban J connectivity index is 1.97. The maximum absolute atomic E-state index is 12.1. The minimum Gasteiger partial charge on any atom is -0.295 e. The molecule has 2 atom stereocenters. The number of rotatable bonds is 3. The predicted molar refractivity (Wildman–Crippen MR) is 75.7 cm³/mol. The number of nitrogens with zero attached hydrogens (tertiary/aromatic N) is 1. The van der Waals surface area contributed by atoms with Crippen molar-refractivity contribution in [3.63, 3.8) is 0 Å². The van der Waals surface area contributed by atoms with Crippen molar-refractivity contribution >= 4 is 33.0 Å². The SMILES string of the molecule is CC1CC(C)CN(CC(=O)c2sccc2Br)C1. The Morgan fingerprint density at radius 3 is 2.65 bits per heavy atom. The van der Waals surface area contributed by atoms with E-state index >= 15 is 0 Å². The van der Waals surface area contributed by atoms with E-state index in [1.807, 2.05) is 11.4 Å². The van der Waals surface area contributed by atoms with E-state index < -0.39 is 0 Å². The highest BCUT2D eigenvalue weighted by Crippen LogP contribution is 2.25. The molecule has 0 aliphatic carbocycles. The molecular formula is C13H18BrNOS. The van der Waals surface area contributed by atoms with Gasteiger partial charge in [0.1, 0.15) is 0 Å². The van der Waals surface area contributed by atoms with Gasteiger partial charge in [-0.05, 0) is 45.6 Å². The van der Waals surface area contributed by atoms with Crippen LogP contribution in [0.1, 0.15) is 29.9 Å². The summed E-state index contributed by atoms with van der Waals surface area (Å²) in [6.45, 7) is 7.22. The average Bonchev–Trinajstić information content (AvgIpc) is 2.62.